The Kier molecular flexibility index (Phi) is 4.42. The fourth-order valence-corrected chi connectivity index (χ4v) is 2.50. The number of hydrogen-bond acceptors (Lipinski definition) is 3. The third kappa shape index (κ3) is 2.26. The molecule has 1 aromatic rings. The molecule has 1 aromatic carbocycles. The van der Waals surface area contributed by atoms with Gasteiger partial charge in [-0.3, -0.25) is 0 Å². The third-order valence-corrected chi connectivity index (χ3v) is 3.22. The van der Waals surface area contributed by atoms with Gasteiger partial charge >= 0.3 is 0 Å². The smallest absolute Gasteiger partial charge is 0.175 e. The average molecular weight is 274 g/mol. The quantitative estimate of drug-likeness (QED) is 0.917. The van der Waals surface area contributed by atoms with Crippen LogP contribution >= 0.6 is 15.9 Å². The molecule has 0 bridgehead atoms. The van der Waals surface area contributed by atoms with E-state index in [1.165, 1.54) is 5.56 Å². The third-order valence-electron chi connectivity index (χ3n) is 2.38. The highest BCUT2D eigenvalue weighted by Crippen LogP contribution is 2.39. The first-order chi connectivity index (χ1) is 7.19. The Labute approximate surface area is 98.7 Å². The highest BCUT2D eigenvalue weighted by atomic mass is 79.9. The van der Waals surface area contributed by atoms with Crippen molar-refractivity contribution in [2.24, 2.45) is 5.73 Å². The fraction of sp³-hybridized carbons (Fsp3) is 0.455. The average Bonchev–Trinajstić information content (AvgIpc) is 2.27. The van der Waals surface area contributed by atoms with Gasteiger partial charge in [0.25, 0.3) is 0 Å². The van der Waals surface area contributed by atoms with Crippen molar-refractivity contribution in [3.63, 3.8) is 0 Å². The molecule has 3 nitrogen and oxygen atoms in total. The van der Waals surface area contributed by atoms with E-state index >= 15 is 0 Å². The van der Waals surface area contributed by atoms with Crippen LogP contribution in [0.4, 0.5) is 0 Å². The van der Waals surface area contributed by atoms with Crippen LogP contribution in [0.3, 0.4) is 0 Å². The summed E-state index contributed by atoms with van der Waals surface area (Å²) >= 11 is 3.52. The minimum Gasteiger partial charge on any atom is -0.493 e. The van der Waals surface area contributed by atoms with Crippen LogP contribution in [-0.4, -0.2) is 14.2 Å². The number of halogens is 1. The van der Waals surface area contributed by atoms with Crippen molar-refractivity contribution in [2.75, 3.05) is 14.2 Å². The molecule has 0 radical (unpaired) electrons. The molecule has 0 fully saturated rings. The first-order valence-corrected chi connectivity index (χ1v) is 5.61. The lowest BCUT2D eigenvalue weighted by molar-refractivity contribution is 0.352. The predicted molar refractivity (Wildman–Crippen MR) is 64.5 cm³/mol. The highest BCUT2D eigenvalue weighted by Gasteiger charge is 2.15. The number of hydrogen-bond donors (Lipinski definition) is 1. The summed E-state index contributed by atoms with van der Waals surface area (Å²) in [5, 5.41) is 0. The van der Waals surface area contributed by atoms with Crippen LogP contribution in [0.25, 0.3) is 0 Å². The summed E-state index contributed by atoms with van der Waals surface area (Å²) < 4.78 is 11.5. The molecule has 0 atom stereocenters. The molecule has 0 saturated heterocycles. The number of methoxy groups -OCH3 is 2. The van der Waals surface area contributed by atoms with Crippen LogP contribution < -0.4 is 15.2 Å². The zero-order valence-electron chi connectivity index (χ0n) is 9.26. The van der Waals surface area contributed by atoms with Crippen molar-refractivity contribution in [1.82, 2.24) is 0 Å². The molecule has 0 aromatic heterocycles. The summed E-state index contributed by atoms with van der Waals surface area (Å²) in [5.41, 5.74) is 7.95. The Morgan fingerprint density at radius 1 is 1.33 bits per heavy atom. The molecule has 0 heterocycles. The van der Waals surface area contributed by atoms with Gasteiger partial charge in [0.2, 0.25) is 0 Å². The second-order valence-corrected chi connectivity index (χ2v) is 3.91. The van der Waals surface area contributed by atoms with Crippen LogP contribution in [0.1, 0.15) is 18.1 Å². The van der Waals surface area contributed by atoms with Gasteiger partial charge in [-0.25, -0.2) is 0 Å². The highest BCUT2D eigenvalue weighted by molar-refractivity contribution is 9.10. The van der Waals surface area contributed by atoms with Crippen molar-refractivity contribution in [3.8, 4) is 11.5 Å². The lowest BCUT2D eigenvalue weighted by atomic mass is 10.0. The van der Waals surface area contributed by atoms with Crippen molar-refractivity contribution < 1.29 is 9.47 Å². The van der Waals surface area contributed by atoms with Gasteiger partial charge in [0.15, 0.2) is 11.5 Å². The zero-order chi connectivity index (χ0) is 11.4. The molecule has 0 aliphatic rings. The Bertz CT molecular complexity index is 323. The standard InChI is InChI=1S/C11H16BrNO2/c1-4-8-7(6-13)5-9(14-2)11(15-3)10(8)12/h5H,4,6,13H2,1-3H3. The fourth-order valence-electron chi connectivity index (χ4n) is 1.60. The largest absolute Gasteiger partial charge is 0.493 e. The number of nitrogens with two attached hydrogens (primary N) is 1. The Morgan fingerprint density at radius 2 is 2.00 bits per heavy atom. The van der Waals surface area contributed by atoms with E-state index in [1.54, 1.807) is 14.2 Å². The van der Waals surface area contributed by atoms with Crippen molar-refractivity contribution in [2.45, 2.75) is 19.9 Å². The lowest BCUT2D eigenvalue weighted by Gasteiger charge is -2.15. The summed E-state index contributed by atoms with van der Waals surface area (Å²) in [6.07, 6.45) is 0.910. The van der Waals surface area contributed by atoms with Gasteiger partial charge in [0, 0.05) is 6.54 Å². The van der Waals surface area contributed by atoms with Gasteiger partial charge in [-0.15, -0.1) is 0 Å². The van der Waals surface area contributed by atoms with Gasteiger partial charge < -0.3 is 15.2 Å². The summed E-state index contributed by atoms with van der Waals surface area (Å²) in [4.78, 5) is 0. The monoisotopic (exact) mass is 273 g/mol. The lowest BCUT2D eigenvalue weighted by Crippen LogP contribution is -2.04. The normalized spacial score (nSPS) is 10.2. The minimum absolute atomic E-state index is 0.502. The Balaban J connectivity index is 3.41. The molecule has 0 saturated carbocycles. The molecule has 4 heteroatoms. The number of rotatable bonds is 4. The van der Waals surface area contributed by atoms with E-state index in [-0.39, 0.29) is 0 Å². The zero-order valence-corrected chi connectivity index (χ0v) is 10.8. The van der Waals surface area contributed by atoms with Crippen LogP contribution in [0.5, 0.6) is 11.5 Å². The van der Waals surface area contributed by atoms with Crippen LogP contribution in [0.15, 0.2) is 10.5 Å². The van der Waals surface area contributed by atoms with Gasteiger partial charge in [0.05, 0.1) is 18.7 Å². The topological polar surface area (TPSA) is 44.5 Å². The molecular weight excluding hydrogens is 258 g/mol. The molecule has 15 heavy (non-hydrogen) atoms. The van der Waals surface area contributed by atoms with E-state index in [9.17, 15) is 0 Å². The van der Waals surface area contributed by atoms with E-state index in [0.717, 1.165) is 22.2 Å². The van der Waals surface area contributed by atoms with Gasteiger partial charge in [-0.05, 0) is 39.5 Å². The van der Waals surface area contributed by atoms with Crippen LogP contribution in [0.2, 0.25) is 0 Å². The molecule has 0 amide bonds. The first-order valence-electron chi connectivity index (χ1n) is 4.81. The maximum absolute atomic E-state index is 5.69. The second-order valence-electron chi connectivity index (χ2n) is 3.12. The molecule has 2 N–H and O–H groups in total. The maximum atomic E-state index is 5.69. The summed E-state index contributed by atoms with van der Waals surface area (Å²) in [6, 6.07) is 1.93. The second kappa shape index (κ2) is 5.37. The molecule has 84 valence electrons. The van der Waals surface area contributed by atoms with E-state index in [2.05, 4.69) is 22.9 Å². The Morgan fingerprint density at radius 3 is 2.40 bits per heavy atom. The van der Waals surface area contributed by atoms with Crippen molar-refractivity contribution in [3.05, 3.63) is 21.7 Å². The number of benzene rings is 1. The Hall–Kier alpha value is -0.740. The van der Waals surface area contributed by atoms with E-state index in [0.29, 0.717) is 12.3 Å². The van der Waals surface area contributed by atoms with Gasteiger partial charge in [-0.1, -0.05) is 6.92 Å². The summed E-state index contributed by atoms with van der Waals surface area (Å²) in [6.45, 7) is 2.59. The van der Waals surface area contributed by atoms with Gasteiger partial charge in [0.1, 0.15) is 0 Å². The van der Waals surface area contributed by atoms with E-state index in [1.807, 2.05) is 6.07 Å². The van der Waals surface area contributed by atoms with Crippen LogP contribution in [0, 0.1) is 0 Å². The van der Waals surface area contributed by atoms with Gasteiger partial charge in [-0.2, -0.15) is 0 Å². The predicted octanol–water partition coefficient (Wildman–Crippen LogP) is 2.49. The molecule has 1 rings (SSSR count). The first kappa shape index (κ1) is 12.3. The molecule has 0 unspecified atom stereocenters. The number of ether oxygens (including phenoxy) is 2. The molecular formula is C11H16BrNO2. The van der Waals surface area contributed by atoms with Crippen molar-refractivity contribution >= 4 is 15.9 Å². The SMILES string of the molecule is CCc1c(CN)cc(OC)c(OC)c1Br. The molecule has 0 aliphatic heterocycles. The minimum atomic E-state index is 0.502. The van der Waals surface area contributed by atoms with Crippen LogP contribution in [-0.2, 0) is 13.0 Å². The maximum Gasteiger partial charge on any atom is 0.175 e. The van der Waals surface area contributed by atoms with Crippen molar-refractivity contribution in [1.29, 1.82) is 0 Å². The van der Waals surface area contributed by atoms with E-state index < -0.39 is 0 Å². The molecule has 0 spiro atoms. The van der Waals surface area contributed by atoms with E-state index in [4.69, 9.17) is 15.2 Å². The summed E-state index contributed by atoms with van der Waals surface area (Å²) in [7, 11) is 3.25. The molecule has 0 aliphatic carbocycles. The summed E-state index contributed by atoms with van der Waals surface area (Å²) in [5.74, 6) is 1.44.